The number of aryl methyl sites for hydroxylation is 1. The van der Waals surface area contributed by atoms with Crippen LogP contribution >= 0.6 is 12.2 Å². The lowest BCUT2D eigenvalue weighted by Gasteiger charge is -2.28. The van der Waals surface area contributed by atoms with Gasteiger partial charge in [-0.2, -0.15) is 0 Å². The molecule has 1 aromatic carbocycles. The first-order valence-corrected chi connectivity index (χ1v) is 13.3. The Labute approximate surface area is 199 Å². The molecular formula is C24H27N5O2S2. The molecule has 7 nitrogen and oxygen atoms in total. The SMILES string of the molecule is Cc1cc([C@@H]2[C@H](c3ccccn3)NC(=S)N2c2ccc(NS(C)(=O)=O)cc2)c(C)n1C1CC1. The van der Waals surface area contributed by atoms with Crippen LogP contribution in [0.5, 0.6) is 0 Å². The Balaban J connectivity index is 1.59. The first kappa shape index (κ1) is 21.9. The van der Waals surface area contributed by atoms with Gasteiger partial charge in [0.05, 0.1) is 24.0 Å². The van der Waals surface area contributed by atoms with E-state index in [2.05, 4.69) is 44.4 Å². The van der Waals surface area contributed by atoms with E-state index in [0.717, 1.165) is 17.6 Å². The zero-order valence-electron chi connectivity index (χ0n) is 18.8. The Morgan fingerprint density at radius 3 is 2.45 bits per heavy atom. The molecular weight excluding hydrogens is 454 g/mol. The standard InChI is InChI=1S/C24H27N5O2S2/c1-15-14-20(16(2)28(15)18-11-12-18)23-22(21-6-4-5-13-25-21)26-24(32)29(23)19-9-7-17(8-10-19)27-33(3,30)31/h4-10,13-14,18,22-23,27H,11-12H2,1-3H3,(H,26,32)/t22-,23+/m0/s1. The molecule has 0 amide bonds. The van der Waals surface area contributed by atoms with Gasteiger partial charge in [-0.15, -0.1) is 0 Å². The van der Waals surface area contributed by atoms with Crippen molar-refractivity contribution in [1.29, 1.82) is 0 Å². The molecule has 3 aromatic rings. The van der Waals surface area contributed by atoms with Crippen LogP contribution in [-0.4, -0.2) is 29.3 Å². The zero-order chi connectivity index (χ0) is 23.3. The number of hydrogen-bond donors (Lipinski definition) is 2. The second kappa shape index (κ2) is 8.14. The summed E-state index contributed by atoms with van der Waals surface area (Å²) in [7, 11) is -3.34. The van der Waals surface area contributed by atoms with E-state index < -0.39 is 10.0 Å². The Bertz CT molecular complexity index is 1300. The lowest BCUT2D eigenvalue weighted by molar-refractivity contribution is 0.562. The molecule has 0 radical (unpaired) electrons. The maximum absolute atomic E-state index is 11.6. The van der Waals surface area contributed by atoms with Crippen LogP contribution in [0.15, 0.2) is 54.7 Å². The number of anilines is 2. The molecule has 1 aliphatic heterocycles. The van der Waals surface area contributed by atoms with Crippen LogP contribution in [0.3, 0.4) is 0 Å². The first-order chi connectivity index (χ1) is 15.7. The van der Waals surface area contributed by atoms with Crippen molar-refractivity contribution < 1.29 is 8.42 Å². The molecule has 0 unspecified atom stereocenters. The van der Waals surface area contributed by atoms with E-state index in [4.69, 9.17) is 12.2 Å². The van der Waals surface area contributed by atoms with Crippen LogP contribution in [-0.2, 0) is 10.0 Å². The normalized spacial score (nSPS) is 20.7. The topological polar surface area (TPSA) is 79.3 Å². The van der Waals surface area contributed by atoms with Crippen molar-refractivity contribution in [3.8, 4) is 0 Å². The molecule has 1 aliphatic carbocycles. The highest BCUT2D eigenvalue weighted by molar-refractivity contribution is 7.92. The molecule has 0 bridgehead atoms. The maximum atomic E-state index is 11.6. The van der Waals surface area contributed by atoms with Crippen molar-refractivity contribution in [3.05, 3.63) is 77.4 Å². The molecule has 2 fully saturated rings. The smallest absolute Gasteiger partial charge is 0.229 e. The number of sulfonamides is 1. The molecule has 1 saturated heterocycles. The number of benzene rings is 1. The minimum absolute atomic E-state index is 0.0835. The van der Waals surface area contributed by atoms with E-state index in [9.17, 15) is 8.42 Å². The summed E-state index contributed by atoms with van der Waals surface area (Å²) >= 11 is 5.81. The van der Waals surface area contributed by atoms with E-state index in [-0.39, 0.29) is 12.1 Å². The van der Waals surface area contributed by atoms with E-state index in [1.807, 2.05) is 30.3 Å². The van der Waals surface area contributed by atoms with E-state index in [1.165, 1.54) is 29.8 Å². The van der Waals surface area contributed by atoms with Gasteiger partial charge in [-0.1, -0.05) is 6.07 Å². The lowest BCUT2D eigenvalue weighted by Crippen LogP contribution is -2.29. The van der Waals surface area contributed by atoms with Gasteiger partial charge in [0.2, 0.25) is 10.0 Å². The molecule has 2 aromatic heterocycles. The van der Waals surface area contributed by atoms with Gasteiger partial charge in [0.25, 0.3) is 0 Å². The summed E-state index contributed by atoms with van der Waals surface area (Å²) in [6, 6.07) is 15.9. The Kier molecular flexibility index (Phi) is 5.41. The largest absolute Gasteiger partial charge is 0.351 e. The van der Waals surface area contributed by atoms with Crippen molar-refractivity contribution in [2.45, 2.75) is 44.8 Å². The molecule has 9 heteroatoms. The fraction of sp³-hybridized carbons (Fsp3) is 0.333. The quantitative estimate of drug-likeness (QED) is 0.509. The maximum Gasteiger partial charge on any atom is 0.229 e. The van der Waals surface area contributed by atoms with Gasteiger partial charge in [0, 0.05) is 35.0 Å². The minimum Gasteiger partial charge on any atom is -0.351 e. The summed E-state index contributed by atoms with van der Waals surface area (Å²) in [4.78, 5) is 6.75. The molecule has 3 heterocycles. The summed E-state index contributed by atoms with van der Waals surface area (Å²) in [5, 5.41) is 4.12. The van der Waals surface area contributed by atoms with Crippen LogP contribution in [0.4, 0.5) is 11.4 Å². The average molecular weight is 482 g/mol. The van der Waals surface area contributed by atoms with Gasteiger partial charge < -0.3 is 14.8 Å². The fourth-order valence-electron chi connectivity index (χ4n) is 4.85. The van der Waals surface area contributed by atoms with Gasteiger partial charge >= 0.3 is 0 Å². The van der Waals surface area contributed by atoms with Gasteiger partial charge in [0.1, 0.15) is 0 Å². The van der Waals surface area contributed by atoms with Gasteiger partial charge in [0.15, 0.2) is 5.11 Å². The Morgan fingerprint density at radius 2 is 1.85 bits per heavy atom. The molecule has 172 valence electrons. The number of nitrogens with one attached hydrogen (secondary N) is 2. The number of pyridine rings is 1. The van der Waals surface area contributed by atoms with E-state index in [0.29, 0.717) is 16.8 Å². The monoisotopic (exact) mass is 481 g/mol. The van der Waals surface area contributed by atoms with E-state index in [1.54, 1.807) is 18.3 Å². The van der Waals surface area contributed by atoms with Gasteiger partial charge in [-0.25, -0.2) is 8.42 Å². The van der Waals surface area contributed by atoms with E-state index >= 15 is 0 Å². The number of thiocarbonyl (C=S) groups is 1. The van der Waals surface area contributed by atoms with Gasteiger partial charge in [-0.05, 0) is 86.9 Å². The molecule has 1 saturated carbocycles. The highest BCUT2D eigenvalue weighted by Crippen LogP contribution is 2.46. The van der Waals surface area contributed by atoms with Gasteiger partial charge in [-0.3, -0.25) is 9.71 Å². The highest BCUT2D eigenvalue weighted by Gasteiger charge is 2.43. The third-order valence-electron chi connectivity index (χ3n) is 6.30. The summed E-state index contributed by atoms with van der Waals surface area (Å²) in [5.74, 6) is 0. The lowest BCUT2D eigenvalue weighted by atomic mass is 9.96. The predicted molar refractivity (Wildman–Crippen MR) is 135 cm³/mol. The van der Waals surface area contributed by atoms with Crippen molar-refractivity contribution in [3.63, 3.8) is 0 Å². The Morgan fingerprint density at radius 1 is 1.12 bits per heavy atom. The fourth-order valence-corrected chi connectivity index (χ4v) is 5.76. The zero-order valence-corrected chi connectivity index (χ0v) is 20.5. The third-order valence-corrected chi connectivity index (χ3v) is 7.22. The summed E-state index contributed by atoms with van der Waals surface area (Å²) in [5.41, 5.74) is 6.08. The summed E-state index contributed by atoms with van der Waals surface area (Å²) < 4.78 is 28.2. The van der Waals surface area contributed by atoms with Crippen LogP contribution < -0.4 is 14.9 Å². The number of rotatable bonds is 6. The second-order valence-corrected chi connectivity index (χ2v) is 11.0. The van der Waals surface area contributed by atoms with Crippen molar-refractivity contribution in [1.82, 2.24) is 14.9 Å². The van der Waals surface area contributed by atoms with Crippen molar-refractivity contribution in [2.24, 2.45) is 0 Å². The second-order valence-electron chi connectivity index (χ2n) is 8.85. The summed E-state index contributed by atoms with van der Waals surface area (Å²) in [6.07, 6.45) is 5.39. The third kappa shape index (κ3) is 4.22. The molecule has 2 atom stereocenters. The molecule has 0 spiro atoms. The molecule has 33 heavy (non-hydrogen) atoms. The Hall–Kier alpha value is -2.91. The average Bonchev–Trinajstić information content (AvgIpc) is 3.47. The van der Waals surface area contributed by atoms with Crippen LogP contribution in [0.25, 0.3) is 0 Å². The number of aromatic nitrogens is 2. The van der Waals surface area contributed by atoms with Crippen LogP contribution in [0, 0.1) is 13.8 Å². The number of hydrogen-bond acceptors (Lipinski definition) is 4. The molecule has 2 N–H and O–H groups in total. The van der Waals surface area contributed by atoms with Crippen molar-refractivity contribution in [2.75, 3.05) is 15.9 Å². The molecule has 2 aliphatic rings. The molecule has 5 rings (SSSR count). The number of nitrogens with zero attached hydrogens (tertiary/aromatic N) is 3. The minimum atomic E-state index is -3.34. The predicted octanol–water partition coefficient (Wildman–Crippen LogP) is 4.38. The highest BCUT2D eigenvalue weighted by atomic mass is 32.2. The van der Waals surface area contributed by atoms with Crippen LogP contribution in [0.1, 0.15) is 53.6 Å². The van der Waals surface area contributed by atoms with Crippen LogP contribution in [0.2, 0.25) is 0 Å². The first-order valence-electron chi connectivity index (χ1n) is 11.0. The van der Waals surface area contributed by atoms with Crippen molar-refractivity contribution >= 4 is 38.7 Å². The summed E-state index contributed by atoms with van der Waals surface area (Å²) in [6.45, 7) is 4.36.